The average molecular weight is 313 g/mol. The maximum Gasteiger partial charge on any atom is 0.0759 e. The van der Waals surface area contributed by atoms with Crippen molar-refractivity contribution >= 4 is 27.7 Å². The quantitative estimate of drug-likeness (QED) is 0.881. The lowest BCUT2D eigenvalue weighted by Gasteiger charge is -2.10. The van der Waals surface area contributed by atoms with Gasteiger partial charge in [0, 0.05) is 22.2 Å². The minimum atomic E-state index is -0.0522. The third kappa shape index (κ3) is 3.31. The Kier molecular flexibility index (Phi) is 4.20. The summed E-state index contributed by atoms with van der Waals surface area (Å²) in [5.41, 5.74) is 7.04. The normalized spacial score (nSPS) is 12.6. The molecular formula is C11H13BrN4S. The van der Waals surface area contributed by atoms with Crippen LogP contribution in [0.4, 0.5) is 0 Å². The third-order valence-electron chi connectivity index (χ3n) is 2.37. The van der Waals surface area contributed by atoms with Gasteiger partial charge in [-0.2, -0.15) is 0 Å². The second-order valence-electron chi connectivity index (χ2n) is 3.65. The second-order valence-corrected chi connectivity index (χ2v) is 5.66. The molecule has 0 amide bonds. The van der Waals surface area contributed by atoms with Crippen molar-refractivity contribution in [2.75, 3.05) is 5.75 Å². The van der Waals surface area contributed by atoms with Crippen LogP contribution < -0.4 is 5.73 Å². The molecule has 0 aliphatic rings. The second kappa shape index (κ2) is 5.66. The first-order valence-electron chi connectivity index (χ1n) is 5.15. The van der Waals surface area contributed by atoms with Gasteiger partial charge in [0.05, 0.1) is 17.9 Å². The predicted octanol–water partition coefficient (Wildman–Crippen LogP) is 2.37. The molecule has 6 heteroatoms. The van der Waals surface area contributed by atoms with Crippen LogP contribution in [0.1, 0.15) is 11.7 Å². The lowest BCUT2D eigenvalue weighted by atomic mass is 10.3. The SMILES string of the molecule is Cn1nncc1C(N)CSc1ccc(Br)cc1. The van der Waals surface area contributed by atoms with Crippen molar-refractivity contribution < 1.29 is 0 Å². The molecule has 1 aromatic carbocycles. The zero-order chi connectivity index (χ0) is 12.3. The van der Waals surface area contributed by atoms with Crippen LogP contribution in [0.3, 0.4) is 0 Å². The van der Waals surface area contributed by atoms with Crippen molar-refractivity contribution in [3.05, 3.63) is 40.6 Å². The lowest BCUT2D eigenvalue weighted by molar-refractivity contribution is 0.640. The molecule has 2 rings (SSSR count). The number of nitrogens with two attached hydrogens (primary N) is 1. The number of benzene rings is 1. The molecule has 0 radical (unpaired) electrons. The van der Waals surface area contributed by atoms with Gasteiger partial charge in [-0.25, -0.2) is 0 Å². The molecular weight excluding hydrogens is 300 g/mol. The first-order valence-corrected chi connectivity index (χ1v) is 6.93. The van der Waals surface area contributed by atoms with Gasteiger partial charge in [-0.05, 0) is 24.3 Å². The Balaban J connectivity index is 1.94. The number of rotatable bonds is 4. The number of thioether (sulfide) groups is 1. The Morgan fingerprint density at radius 1 is 1.41 bits per heavy atom. The highest BCUT2D eigenvalue weighted by molar-refractivity contribution is 9.10. The van der Waals surface area contributed by atoms with Gasteiger partial charge in [0.2, 0.25) is 0 Å². The summed E-state index contributed by atoms with van der Waals surface area (Å²) in [5.74, 6) is 0.808. The number of halogens is 1. The molecule has 0 aliphatic heterocycles. The van der Waals surface area contributed by atoms with Crippen LogP contribution in [0.5, 0.6) is 0 Å². The van der Waals surface area contributed by atoms with Crippen LogP contribution in [0.25, 0.3) is 0 Å². The summed E-state index contributed by atoms with van der Waals surface area (Å²) >= 11 is 5.14. The molecule has 1 heterocycles. The van der Waals surface area contributed by atoms with E-state index in [-0.39, 0.29) is 6.04 Å². The average Bonchev–Trinajstić information content (AvgIpc) is 2.74. The monoisotopic (exact) mass is 312 g/mol. The van der Waals surface area contributed by atoms with Crippen molar-refractivity contribution in [1.82, 2.24) is 15.0 Å². The standard InChI is InChI=1S/C11H13BrN4S/c1-16-11(6-14-15-16)10(13)7-17-9-4-2-8(12)3-5-9/h2-6,10H,7,13H2,1H3. The largest absolute Gasteiger partial charge is 0.322 e. The van der Waals surface area contributed by atoms with Crippen LogP contribution in [0, 0.1) is 0 Å². The minimum Gasteiger partial charge on any atom is -0.322 e. The number of nitrogens with zero attached hydrogens (tertiary/aromatic N) is 3. The maximum atomic E-state index is 6.09. The Labute approximate surface area is 113 Å². The molecule has 0 aliphatic carbocycles. The van der Waals surface area contributed by atoms with E-state index in [1.807, 2.05) is 19.2 Å². The molecule has 1 unspecified atom stereocenters. The fourth-order valence-electron chi connectivity index (χ4n) is 1.44. The zero-order valence-corrected chi connectivity index (χ0v) is 11.8. The fourth-order valence-corrected chi connectivity index (χ4v) is 2.57. The molecule has 0 spiro atoms. The Hall–Kier alpha value is -0.850. The number of hydrogen-bond donors (Lipinski definition) is 1. The minimum absolute atomic E-state index is 0.0522. The van der Waals surface area contributed by atoms with Gasteiger partial charge in [0.1, 0.15) is 0 Å². The summed E-state index contributed by atoms with van der Waals surface area (Å²) < 4.78 is 2.80. The summed E-state index contributed by atoms with van der Waals surface area (Å²) in [6, 6.07) is 8.15. The molecule has 0 saturated carbocycles. The van der Waals surface area contributed by atoms with E-state index >= 15 is 0 Å². The Morgan fingerprint density at radius 2 is 2.12 bits per heavy atom. The van der Waals surface area contributed by atoms with E-state index in [1.54, 1.807) is 22.6 Å². The van der Waals surface area contributed by atoms with Crippen LogP contribution in [-0.4, -0.2) is 20.7 Å². The van der Waals surface area contributed by atoms with Crippen LogP contribution >= 0.6 is 27.7 Å². The van der Waals surface area contributed by atoms with Gasteiger partial charge in [0.25, 0.3) is 0 Å². The molecule has 90 valence electrons. The van der Waals surface area contributed by atoms with Crippen molar-refractivity contribution in [2.24, 2.45) is 12.8 Å². The topological polar surface area (TPSA) is 56.7 Å². The summed E-state index contributed by atoms with van der Waals surface area (Å²) in [7, 11) is 1.85. The van der Waals surface area contributed by atoms with E-state index in [0.29, 0.717) is 0 Å². The number of aryl methyl sites for hydroxylation is 1. The van der Waals surface area contributed by atoms with Crippen molar-refractivity contribution in [3.63, 3.8) is 0 Å². The van der Waals surface area contributed by atoms with Gasteiger partial charge in [-0.3, -0.25) is 4.68 Å². The highest BCUT2D eigenvalue weighted by Gasteiger charge is 2.11. The van der Waals surface area contributed by atoms with Crippen molar-refractivity contribution in [2.45, 2.75) is 10.9 Å². The van der Waals surface area contributed by atoms with Crippen LogP contribution in [-0.2, 0) is 7.05 Å². The molecule has 1 aromatic heterocycles. The van der Waals surface area contributed by atoms with Gasteiger partial charge in [0.15, 0.2) is 0 Å². The summed E-state index contributed by atoms with van der Waals surface area (Å²) in [6.45, 7) is 0. The third-order valence-corrected chi connectivity index (χ3v) is 4.03. The molecule has 2 aromatic rings. The molecule has 0 fully saturated rings. The predicted molar refractivity (Wildman–Crippen MR) is 72.8 cm³/mol. The lowest BCUT2D eigenvalue weighted by Crippen LogP contribution is -2.16. The van der Waals surface area contributed by atoms with E-state index in [1.165, 1.54) is 4.90 Å². The van der Waals surface area contributed by atoms with E-state index < -0.39 is 0 Å². The van der Waals surface area contributed by atoms with Crippen LogP contribution in [0.2, 0.25) is 0 Å². The Bertz CT molecular complexity index is 482. The first kappa shape index (κ1) is 12.6. The summed E-state index contributed by atoms with van der Waals surface area (Å²) in [5, 5.41) is 7.70. The van der Waals surface area contributed by atoms with Crippen molar-refractivity contribution in [3.8, 4) is 0 Å². The van der Waals surface area contributed by atoms with E-state index in [9.17, 15) is 0 Å². The summed E-state index contributed by atoms with van der Waals surface area (Å²) in [4.78, 5) is 1.21. The zero-order valence-electron chi connectivity index (χ0n) is 9.38. The molecule has 17 heavy (non-hydrogen) atoms. The van der Waals surface area contributed by atoms with Gasteiger partial charge in [-0.15, -0.1) is 16.9 Å². The molecule has 1 atom stereocenters. The molecule has 0 saturated heterocycles. The molecule has 4 nitrogen and oxygen atoms in total. The fraction of sp³-hybridized carbons (Fsp3) is 0.273. The van der Waals surface area contributed by atoms with E-state index in [0.717, 1.165) is 15.9 Å². The smallest absolute Gasteiger partial charge is 0.0759 e. The Morgan fingerprint density at radius 3 is 2.71 bits per heavy atom. The van der Waals surface area contributed by atoms with Gasteiger partial charge in [-0.1, -0.05) is 21.1 Å². The maximum absolute atomic E-state index is 6.09. The van der Waals surface area contributed by atoms with Gasteiger partial charge >= 0.3 is 0 Å². The highest BCUT2D eigenvalue weighted by atomic mass is 79.9. The first-order chi connectivity index (χ1) is 8.16. The number of hydrogen-bond acceptors (Lipinski definition) is 4. The van der Waals surface area contributed by atoms with E-state index in [2.05, 4.69) is 38.4 Å². The van der Waals surface area contributed by atoms with Crippen LogP contribution in [0.15, 0.2) is 39.8 Å². The summed E-state index contributed by atoms with van der Waals surface area (Å²) in [6.07, 6.45) is 1.72. The number of aromatic nitrogens is 3. The highest BCUT2D eigenvalue weighted by Crippen LogP contribution is 2.24. The van der Waals surface area contributed by atoms with Crippen molar-refractivity contribution in [1.29, 1.82) is 0 Å². The van der Waals surface area contributed by atoms with Gasteiger partial charge < -0.3 is 5.73 Å². The van der Waals surface area contributed by atoms with E-state index in [4.69, 9.17) is 5.73 Å². The molecule has 0 bridgehead atoms. The molecule has 2 N–H and O–H groups in total.